The number of aryl methyl sites for hydroxylation is 1. The van der Waals surface area contributed by atoms with Gasteiger partial charge in [-0.15, -0.1) is 10.2 Å². The van der Waals surface area contributed by atoms with Crippen molar-refractivity contribution in [3.8, 4) is 0 Å². The average Bonchev–Trinajstić information content (AvgIpc) is 3.24. The van der Waals surface area contributed by atoms with Crippen LogP contribution in [-0.4, -0.2) is 21.3 Å². The van der Waals surface area contributed by atoms with Gasteiger partial charge in [-0.1, -0.05) is 36.9 Å². The minimum absolute atomic E-state index is 0.0388. The SMILES string of the molecule is CCc1nnc(S/C(=C\c2ccc(Sc3ccccc3)o2)C(=O)O)o1. The molecule has 0 radical (unpaired) electrons. The fraction of sp³-hybridized carbons (Fsp3) is 0.118. The molecular formula is C17H14N2O4S2. The fourth-order valence-electron chi connectivity index (χ4n) is 1.85. The van der Waals surface area contributed by atoms with Gasteiger partial charge in [0.25, 0.3) is 5.22 Å². The van der Waals surface area contributed by atoms with Gasteiger partial charge in [0.05, 0.1) is 0 Å². The van der Waals surface area contributed by atoms with E-state index in [4.69, 9.17) is 8.83 Å². The Kier molecular flexibility index (Phi) is 5.62. The number of hydrogen-bond acceptors (Lipinski definition) is 7. The number of aromatic nitrogens is 2. The number of aliphatic carboxylic acids is 1. The van der Waals surface area contributed by atoms with E-state index < -0.39 is 5.97 Å². The minimum Gasteiger partial charge on any atom is -0.477 e. The van der Waals surface area contributed by atoms with Crippen LogP contribution in [0.15, 0.2) is 71.4 Å². The largest absolute Gasteiger partial charge is 0.477 e. The van der Waals surface area contributed by atoms with Gasteiger partial charge in [-0.3, -0.25) is 0 Å². The number of thioether (sulfide) groups is 1. The lowest BCUT2D eigenvalue weighted by Crippen LogP contribution is -1.96. The zero-order valence-corrected chi connectivity index (χ0v) is 14.8. The summed E-state index contributed by atoms with van der Waals surface area (Å²) < 4.78 is 11.0. The highest BCUT2D eigenvalue weighted by Gasteiger charge is 2.16. The first kappa shape index (κ1) is 17.4. The van der Waals surface area contributed by atoms with E-state index in [1.807, 2.05) is 37.3 Å². The van der Waals surface area contributed by atoms with E-state index in [9.17, 15) is 9.90 Å². The van der Waals surface area contributed by atoms with Crippen molar-refractivity contribution in [1.29, 1.82) is 0 Å². The Hall–Kier alpha value is -2.45. The van der Waals surface area contributed by atoms with Crippen LogP contribution in [0.3, 0.4) is 0 Å². The lowest BCUT2D eigenvalue weighted by Gasteiger charge is -1.98. The first-order valence-electron chi connectivity index (χ1n) is 7.42. The Morgan fingerprint density at radius 2 is 1.96 bits per heavy atom. The van der Waals surface area contributed by atoms with Crippen molar-refractivity contribution < 1.29 is 18.7 Å². The summed E-state index contributed by atoms with van der Waals surface area (Å²) in [7, 11) is 0. The van der Waals surface area contributed by atoms with E-state index in [2.05, 4.69) is 10.2 Å². The third kappa shape index (κ3) is 4.77. The smallest absolute Gasteiger partial charge is 0.342 e. The van der Waals surface area contributed by atoms with E-state index in [1.54, 1.807) is 12.1 Å². The standard InChI is InChI=1S/C17H14N2O4S2/c1-2-14-18-19-17(23-14)25-13(16(20)21)10-11-8-9-15(22-11)24-12-6-4-3-5-7-12/h3-10H,2H2,1H3,(H,20,21)/b13-10-. The molecule has 128 valence electrons. The second-order valence-electron chi connectivity index (χ2n) is 4.80. The predicted octanol–water partition coefficient (Wildman–Crippen LogP) is 4.59. The molecule has 2 aromatic heterocycles. The van der Waals surface area contributed by atoms with Gasteiger partial charge in [-0.05, 0) is 36.0 Å². The number of carbonyl (C=O) groups is 1. The molecule has 0 spiro atoms. The second kappa shape index (κ2) is 8.09. The normalized spacial score (nSPS) is 11.6. The highest BCUT2D eigenvalue weighted by Crippen LogP contribution is 2.32. The molecule has 2 heterocycles. The maximum Gasteiger partial charge on any atom is 0.342 e. The molecule has 1 N–H and O–H groups in total. The van der Waals surface area contributed by atoms with Gasteiger partial charge in [-0.25, -0.2) is 4.79 Å². The summed E-state index contributed by atoms with van der Waals surface area (Å²) in [6.07, 6.45) is 2.04. The number of furan rings is 1. The maximum absolute atomic E-state index is 11.5. The van der Waals surface area contributed by atoms with Gasteiger partial charge in [0.2, 0.25) is 5.89 Å². The summed E-state index contributed by atoms with van der Waals surface area (Å²) in [5.41, 5.74) is 0. The van der Waals surface area contributed by atoms with Crippen LogP contribution in [0.1, 0.15) is 18.6 Å². The van der Waals surface area contributed by atoms with Crippen LogP contribution in [-0.2, 0) is 11.2 Å². The zero-order chi connectivity index (χ0) is 17.6. The molecule has 0 fully saturated rings. The van der Waals surface area contributed by atoms with E-state index in [-0.39, 0.29) is 10.1 Å². The van der Waals surface area contributed by atoms with E-state index >= 15 is 0 Å². The van der Waals surface area contributed by atoms with Crippen LogP contribution in [0.25, 0.3) is 6.08 Å². The molecule has 0 bridgehead atoms. The van der Waals surface area contributed by atoms with Gasteiger partial charge in [0.15, 0.2) is 5.09 Å². The number of hydrogen-bond donors (Lipinski definition) is 1. The van der Waals surface area contributed by atoms with Gasteiger partial charge in [0.1, 0.15) is 10.7 Å². The number of benzene rings is 1. The fourth-order valence-corrected chi connectivity index (χ4v) is 3.32. The van der Waals surface area contributed by atoms with Gasteiger partial charge in [-0.2, -0.15) is 0 Å². The third-order valence-electron chi connectivity index (χ3n) is 3.00. The van der Waals surface area contributed by atoms with Crippen LogP contribution in [0.4, 0.5) is 0 Å². The minimum atomic E-state index is -1.09. The molecule has 8 heteroatoms. The summed E-state index contributed by atoms with van der Waals surface area (Å²) >= 11 is 2.36. The highest BCUT2D eigenvalue weighted by molar-refractivity contribution is 8.03. The number of carboxylic acid groups (broad SMARTS) is 1. The molecule has 3 rings (SSSR count). The van der Waals surface area contributed by atoms with Crippen molar-refractivity contribution in [2.24, 2.45) is 0 Å². The Labute approximate surface area is 152 Å². The average molecular weight is 374 g/mol. The summed E-state index contributed by atoms with van der Waals surface area (Å²) in [5.74, 6) is -0.180. The van der Waals surface area contributed by atoms with Crippen LogP contribution in [0, 0.1) is 0 Å². The molecule has 0 saturated heterocycles. The first-order valence-corrected chi connectivity index (χ1v) is 9.05. The lowest BCUT2D eigenvalue weighted by molar-refractivity contribution is -0.131. The van der Waals surface area contributed by atoms with Crippen LogP contribution in [0.5, 0.6) is 0 Å². The Bertz CT molecular complexity index is 887. The van der Waals surface area contributed by atoms with Crippen LogP contribution >= 0.6 is 23.5 Å². The van der Waals surface area contributed by atoms with Crippen LogP contribution < -0.4 is 0 Å². The number of rotatable bonds is 7. The van der Waals surface area contributed by atoms with Crippen molar-refractivity contribution in [2.45, 2.75) is 28.6 Å². The van der Waals surface area contributed by atoms with Crippen LogP contribution in [0.2, 0.25) is 0 Å². The molecule has 0 aliphatic heterocycles. The lowest BCUT2D eigenvalue weighted by atomic mass is 10.4. The van der Waals surface area contributed by atoms with Gasteiger partial charge < -0.3 is 13.9 Å². The Morgan fingerprint density at radius 3 is 2.64 bits per heavy atom. The Balaban J connectivity index is 1.75. The second-order valence-corrected chi connectivity index (χ2v) is 6.87. The maximum atomic E-state index is 11.5. The molecule has 6 nitrogen and oxygen atoms in total. The quantitative estimate of drug-likeness (QED) is 0.474. The molecule has 0 amide bonds. The molecule has 1 aromatic carbocycles. The van der Waals surface area contributed by atoms with Crippen molar-refractivity contribution >= 4 is 35.6 Å². The topological polar surface area (TPSA) is 89.4 Å². The number of carboxylic acids is 1. The van der Waals surface area contributed by atoms with E-state index in [0.29, 0.717) is 23.2 Å². The predicted molar refractivity (Wildman–Crippen MR) is 94.4 cm³/mol. The van der Waals surface area contributed by atoms with Crippen molar-refractivity contribution in [3.05, 3.63) is 59.0 Å². The van der Waals surface area contributed by atoms with Gasteiger partial charge in [0, 0.05) is 17.4 Å². The van der Waals surface area contributed by atoms with Gasteiger partial charge >= 0.3 is 5.97 Å². The molecule has 25 heavy (non-hydrogen) atoms. The molecule has 0 saturated carbocycles. The molecule has 0 atom stereocenters. The molecule has 0 aliphatic carbocycles. The van der Waals surface area contributed by atoms with E-state index in [0.717, 1.165) is 16.7 Å². The zero-order valence-electron chi connectivity index (χ0n) is 13.2. The Morgan fingerprint density at radius 1 is 1.16 bits per heavy atom. The summed E-state index contributed by atoms with van der Waals surface area (Å²) in [6.45, 7) is 1.88. The monoisotopic (exact) mass is 374 g/mol. The molecule has 3 aromatic rings. The summed E-state index contributed by atoms with van der Waals surface area (Å²) in [5, 5.41) is 17.9. The third-order valence-corrected chi connectivity index (χ3v) is 4.78. The van der Waals surface area contributed by atoms with Crippen molar-refractivity contribution in [2.75, 3.05) is 0 Å². The first-order chi connectivity index (χ1) is 12.1. The van der Waals surface area contributed by atoms with E-state index in [1.165, 1.54) is 17.8 Å². The molecular weight excluding hydrogens is 360 g/mol. The van der Waals surface area contributed by atoms with Crippen molar-refractivity contribution in [3.63, 3.8) is 0 Å². The molecule has 0 unspecified atom stereocenters. The summed E-state index contributed by atoms with van der Waals surface area (Å²) in [4.78, 5) is 12.5. The summed E-state index contributed by atoms with van der Waals surface area (Å²) in [6, 6.07) is 13.3. The highest BCUT2D eigenvalue weighted by atomic mass is 32.2. The van der Waals surface area contributed by atoms with Crippen molar-refractivity contribution in [1.82, 2.24) is 10.2 Å². The number of nitrogens with zero attached hydrogens (tertiary/aromatic N) is 2. The molecule has 0 aliphatic rings.